The number of rotatable bonds is 3. The lowest BCUT2D eigenvalue weighted by Crippen LogP contribution is -1.85. The summed E-state index contributed by atoms with van der Waals surface area (Å²) in [4.78, 5) is 17.0. The highest BCUT2D eigenvalue weighted by atomic mass is 32.1. The van der Waals surface area contributed by atoms with E-state index in [1.807, 2.05) is 30.3 Å². The number of H-pyrrole nitrogens is 2. The van der Waals surface area contributed by atoms with Gasteiger partial charge in [0.25, 0.3) is 0 Å². The number of fused-ring (bicyclic) bond motifs is 2. The van der Waals surface area contributed by atoms with E-state index in [9.17, 15) is 0 Å². The summed E-state index contributed by atoms with van der Waals surface area (Å²) in [5, 5.41) is 12.8. The van der Waals surface area contributed by atoms with Gasteiger partial charge in [0, 0.05) is 28.9 Å². The Morgan fingerprint density at radius 1 is 0.931 bits per heavy atom. The molecule has 0 unspecified atom stereocenters. The molecule has 0 bridgehead atoms. The molecule has 1 aromatic carbocycles. The van der Waals surface area contributed by atoms with E-state index >= 15 is 0 Å². The number of benzene rings is 1. The van der Waals surface area contributed by atoms with Crippen molar-refractivity contribution in [2.75, 3.05) is 0 Å². The Kier molecular flexibility index (Phi) is 3.54. The predicted molar refractivity (Wildman–Crippen MR) is 116 cm³/mol. The van der Waals surface area contributed by atoms with Gasteiger partial charge in [-0.1, -0.05) is 12.1 Å². The lowest BCUT2D eigenvalue weighted by Gasteiger charge is -2.00. The smallest absolute Gasteiger partial charge is 0.159 e. The van der Waals surface area contributed by atoms with Crippen molar-refractivity contribution in [1.82, 2.24) is 30.1 Å². The van der Waals surface area contributed by atoms with Gasteiger partial charge < -0.3 is 4.98 Å². The monoisotopic (exact) mass is 394 g/mol. The van der Waals surface area contributed by atoms with Crippen LogP contribution in [0, 0.1) is 0 Å². The van der Waals surface area contributed by atoms with Crippen LogP contribution < -0.4 is 0 Å². The maximum absolute atomic E-state index is 4.90. The van der Waals surface area contributed by atoms with Gasteiger partial charge in [0.15, 0.2) is 5.82 Å². The van der Waals surface area contributed by atoms with Gasteiger partial charge >= 0.3 is 0 Å². The minimum Gasteiger partial charge on any atom is -0.337 e. The first-order valence-electron chi connectivity index (χ1n) is 9.13. The van der Waals surface area contributed by atoms with Crippen LogP contribution in [-0.4, -0.2) is 30.1 Å². The summed E-state index contributed by atoms with van der Waals surface area (Å²) in [5.74, 6) is 0.737. The van der Waals surface area contributed by atoms with Crippen molar-refractivity contribution in [3.63, 3.8) is 0 Å². The maximum Gasteiger partial charge on any atom is 0.159 e. The molecule has 0 amide bonds. The molecule has 6 aromatic rings. The second-order valence-electron chi connectivity index (χ2n) is 6.72. The number of pyridine rings is 2. The molecule has 138 valence electrons. The van der Waals surface area contributed by atoms with Gasteiger partial charge in [-0.15, -0.1) is 0 Å². The molecule has 0 fully saturated rings. The molecule has 0 saturated carbocycles. The second-order valence-corrected chi connectivity index (χ2v) is 7.50. The van der Waals surface area contributed by atoms with E-state index in [2.05, 4.69) is 48.0 Å². The molecule has 0 radical (unpaired) electrons. The summed E-state index contributed by atoms with van der Waals surface area (Å²) in [6.07, 6.45) is 5.34. The van der Waals surface area contributed by atoms with Crippen molar-refractivity contribution in [1.29, 1.82) is 0 Å². The van der Waals surface area contributed by atoms with Crippen LogP contribution in [0.3, 0.4) is 0 Å². The summed E-state index contributed by atoms with van der Waals surface area (Å²) < 4.78 is 0. The first-order valence-corrected chi connectivity index (χ1v) is 10.1. The molecular weight excluding hydrogens is 380 g/mol. The number of nitrogens with one attached hydrogen (secondary N) is 2. The fraction of sp³-hybridized carbons (Fsp3) is 0. The third-order valence-electron chi connectivity index (χ3n) is 4.99. The molecule has 5 aromatic heterocycles. The number of para-hydroxylation sites is 1. The first kappa shape index (κ1) is 16.1. The lowest BCUT2D eigenvalue weighted by molar-refractivity contribution is 1.10. The molecule has 6 nitrogen and oxygen atoms in total. The Hall–Kier alpha value is -3.84. The van der Waals surface area contributed by atoms with Crippen LogP contribution in [0.4, 0.5) is 0 Å². The Morgan fingerprint density at radius 2 is 1.86 bits per heavy atom. The summed E-state index contributed by atoms with van der Waals surface area (Å²) in [6.45, 7) is 0. The van der Waals surface area contributed by atoms with Gasteiger partial charge in [-0.25, -0.2) is 4.98 Å². The average Bonchev–Trinajstić information content (AvgIpc) is 3.52. The highest BCUT2D eigenvalue weighted by Gasteiger charge is 2.16. The summed E-state index contributed by atoms with van der Waals surface area (Å²) in [5.41, 5.74) is 7.76. The van der Waals surface area contributed by atoms with Crippen LogP contribution in [0.15, 0.2) is 71.8 Å². The average molecular weight is 394 g/mol. The van der Waals surface area contributed by atoms with Gasteiger partial charge in [-0.3, -0.25) is 15.1 Å². The zero-order valence-corrected chi connectivity index (χ0v) is 15.9. The molecule has 29 heavy (non-hydrogen) atoms. The molecule has 5 heterocycles. The molecule has 0 atom stereocenters. The number of imidazole rings is 1. The van der Waals surface area contributed by atoms with E-state index in [0.29, 0.717) is 0 Å². The number of hydrogen-bond donors (Lipinski definition) is 2. The quantitative estimate of drug-likeness (QED) is 0.427. The van der Waals surface area contributed by atoms with Gasteiger partial charge in [-0.2, -0.15) is 16.4 Å². The standard InChI is InChI=1S/C22H14N6S/c1-2-15(14-6-9-29-12-14)20-17(3-1)25-22(26-20)21-16-10-18(13-4-7-23-8-5-13)24-11-19(16)27-28-21/h1-12H,(H,25,26)(H,27,28). The molecule has 7 heteroatoms. The number of aromatic nitrogens is 6. The van der Waals surface area contributed by atoms with E-state index in [4.69, 9.17) is 4.98 Å². The van der Waals surface area contributed by atoms with Crippen molar-refractivity contribution < 1.29 is 0 Å². The van der Waals surface area contributed by atoms with Crippen molar-refractivity contribution in [2.24, 2.45) is 0 Å². The van der Waals surface area contributed by atoms with E-state index < -0.39 is 0 Å². The number of nitrogens with zero attached hydrogens (tertiary/aromatic N) is 4. The Morgan fingerprint density at radius 3 is 2.72 bits per heavy atom. The van der Waals surface area contributed by atoms with Crippen LogP contribution in [0.1, 0.15) is 0 Å². The van der Waals surface area contributed by atoms with Gasteiger partial charge in [-0.05, 0) is 46.7 Å². The van der Waals surface area contributed by atoms with Gasteiger partial charge in [0.2, 0.25) is 0 Å². The minimum absolute atomic E-state index is 0.737. The maximum atomic E-state index is 4.90. The molecule has 0 aliphatic carbocycles. The Labute approximate surface area is 169 Å². The Balaban J connectivity index is 1.53. The first-order chi connectivity index (χ1) is 14.4. The van der Waals surface area contributed by atoms with Crippen LogP contribution in [0.5, 0.6) is 0 Å². The van der Waals surface area contributed by atoms with E-state index in [1.54, 1.807) is 29.9 Å². The highest BCUT2D eigenvalue weighted by molar-refractivity contribution is 7.08. The molecule has 0 aliphatic heterocycles. The zero-order valence-electron chi connectivity index (χ0n) is 15.1. The van der Waals surface area contributed by atoms with Crippen molar-refractivity contribution >= 4 is 33.3 Å². The van der Waals surface area contributed by atoms with Gasteiger partial charge in [0.1, 0.15) is 5.69 Å². The van der Waals surface area contributed by atoms with Crippen molar-refractivity contribution in [2.45, 2.75) is 0 Å². The fourth-order valence-corrected chi connectivity index (χ4v) is 4.23. The normalized spacial score (nSPS) is 11.4. The molecule has 6 rings (SSSR count). The van der Waals surface area contributed by atoms with Crippen molar-refractivity contribution in [3.05, 3.63) is 71.8 Å². The predicted octanol–water partition coefficient (Wildman–Crippen LogP) is 5.29. The summed E-state index contributed by atoms with van der Waals surface area (Å²) in [6, 6.07) is 14.2. The van der Waals surface area contributed by atoms with E-state index in [0.717, 1.165) is 50.3 Å². The number of aromatic amines is 2. The minimum atomic E-state index is 0.737. The number of thiophene rings is 1. The SMILES string of the molecule is c1cc(-c2ccsc2)c2nc(-c3n[nH]c4cnc(-c5ccncc5)cc34)[nH]c2c1. The third kappa shape index (κ3) is 2.63. The highest BCUT2D eigenvalue weighted by Crippen LogP contribution is 2.33. The van der Waals surface area contributed by atoms with Crippen LogP contribution in [-0.2, 0) is 0 Å². The van der Waals surface area contributed by atoms with Gasteiger partial charge in [0.05, 0.1) is 28.4 Å². The van der Waals surface area contributed by atoms with Crippen LogP contribution in [0.2, 0.25) is 0 Å². The molecule has 0 aliphatic rings. The van der Waals surface area contributed by atoms with E-state index in [1.165, 1.54) is 5.56 Å². The fourth-order valence-electron chi connectivity index (χ4n) is 3.57. The Bertz CT molecular complexity index is 1450. The topological polar surface area (TPSA) is 83.1 Å². The second kappa shape index (κ2) is 6.35. The largest absolute Gasteiger partial charge is 0.337 e. The number of hydrogen-bond acceptors (Lipinski definition) is 5. The summed E-state index contributed by atoms with van der Waals surface area (Å²) in [7, 11) is 0. The van der Waals surface area contributed by atoms with Crippen LogP contribution >= 0.6 is 11.3 Å². The molecular formula is C22H14N6S. The zero-order chi connectivity index (χ0) is 19.2. The molecule has 2 N–H and O–H groups in total. The molecule has 0 saturated heterocycles. The van der Waals surface area contributed by atoms with E-state index in [-0.39, 0.29) is 0 Å². The third-order valence-corrected chi connectivity index (χ3v) is 5.68. The lowest BCUT2D eigenvalue weighted by atomic mass is 10.1. The van der Waals surface area contributed by atoms with Crippen molar-refractivity contribution in [3.8, 4) is 33.9 Å². The van der Waals surface area contributed by atoms with Crippen LogP contribution in [0.25, 0.3) is 55.8 Å². The summed E-state index contributed by atoms with van der Waals surface area (Å²) >= 11 is 1.68. The molecule has 0 spiro atoms.